The summed E-state index contributed by atoms with van der Waals surface area (Å²) in [6.45, 7) is 10.9. The summed E-state index contributed by atoms with van der Waals surface area (Å²) in [6.07, 6.45) is 3.08. The van der Waals surface area contributed by atoms with Crippen LogP contribution in [-0.4, -0.2) is 50.4 Å². The third-order valence-corrected chi connectivity index (χ3v) is 10.6. The van der Waals surface area contributed by atoms with E-state index in [-0.39, 0.29) is 34.6 Å². The summed E-state index contributed by atoms with van der Waals surface area (Å²) in [5.41, 5.74) is 6.06. The molecular weight excluding hydrogens is 944 g/mol. The lowest BCUT2D eigenvalue weighted by Gasteiger charge is -2.20. The highest BCUT2D eigenvalue weighted by atomic mass is 79.9. The van der Waals surface area contributed by atoms with Gasteiger partial charge in [-0.1, -0.05) is 138 Å². The Morgan fingerprint density at radius 3 is 1.29 bits per heavy atom. The summed E-state index contributed by atoms with van der Waals surface area (Å²) >= 11 is 36.4. The maximum absolute atomic E-state index is 11.8. The lowest BCUT2D eigenvalue weighted by atomic mass is 10.1. The van der Waals surface area contributed by atoms with Gasteiger partial charge in [0.1, 0.15) is 0 Å². The van der Waals surface area contributed by atoms with E-state index in [2.05, 4.69) is 47.8 Å². The van der Waals surface area contributed by atoms with Crippen LogP contribution in [0.25, 0.3) is 18.2 Å². The molecule has 3 aromatic carbocycles. The largest absolute Gasteiger partial charge is 0.463 e. The number of hydrogen-bond donors (Lipinski definition) is 3. The van der Waals surface area contributed by atoms with Crippen LogP contribution in [0.4, 0.5) is 0 Å². The minimum absolute atomic E-state index is 0.185. The second kappa shape index (κ2) is 19.0. The first-order chi connectivity index (χ1) is 25.6. The maximum atomic E-state index is 11.8. The number of benzene rings is 3. The second-order valence-electron chi connectivity index (χ2n) is 13.0. The first-order valence-electron chi connectivity index (χ1n) is 16.7. The average Bonchev–Trinajstić information content (AvgIpc) is 3.78. The summed E-state index contributed by atoms with van der Waals surface area (Å²) in [5.74, 6) is -0.153. The molecule has 4 atom stereocenters. The van der Waals surface area contributed by atoms with Crippen LogP contribution in [0.15, 0.2) is 86.9 Å². The second-order valence-corrected chi connectivity index (χ2v) is 18.9. The van der Waals surface area contributed by atoms with Crippen molar-refractivity contribution in [2.45, 2.75) is 74.3 Å². The van der Waals surface area contributed by atoms with Crippen LogP contribution in [0, 0.1) is 20.8 Å². The molecule has 3 N–H and O–H groups in total. The standard InChI is InChI=1S/C13H11Br2Cl2NO2.C13H13Cl2NO2.C13H14ClNO2/c1-6-8(14)3-7(4-9(6)15)5-10-11(19)18-12(20-10)13(2,16)17;1-8-3-5-9(6-4-8)7-10-11(17)16-12(18-10)13(2,14)15;1-8-3-5-10(6-4-8)7-11-12(16)15-13(17-11)9(2)14/h3-5,12H,1-2H3,(H,18,19);3-7,12H,1-2H3,(H,16,17);3-7,9,13H,1-2H3,(H,15,16)/b10-5-;10-7-;11-7-. The highest BCUT2D eigenvalue weighted by molar-refractivity contribution is 9.11. The molecule has 16 heteroatoms. The molecule has 3 heterocycles. The van der Waals surface area contributed by atoms with E-state index in [1.165, 1.54) is 5.56 Å². The van der Waals surface area contributed by atoms with E-state index in [1.54, 1.807) is 39.0 Å². The predicted octanol–water partition coefficient (Wildman–Crippen LogP) is 9.97. The van der Waals surface area contributed by atoms with Crippen molar-refractivity contribution in [2.75, 3.05) is 0 Å². The fourth-order valence-electron chi connectivity index (χ4n) is 4.72. The smallest absolute Gasteiger partial charge is 0.289 e. The highest BCUT2D eigenvalue weighted by Gasteiger charge is 2.41. The van der Waals surface area contributed by atoms with E-state index in [0.717, 1.165) is 36.8 Å². The number of ether oxygens (including phenoxy) is 3. The van der Waals surface area contributed by atoms with Crippen molar-refractivity contribution in [2.24, 2.45) is 0 Å². The van der Waals surface area contributed by atoms with Crippen LogP contribution in [0.5, 0.6) is 0 Å². The van der Waals surface area contributed by atoms with Crippen molar-refractivity contribution < 1.29 is 28.6 Å². The summed E-state index contributed by atoms with van der Waals surface area (Å²) < 4.78 is 15.8. The molecule has 0 aromatic heterocycles. The molecule has 3 aliphatic rings. The van der Waals surface area contributed by atoms with Gasteiger partial charge >= 0.3 is 0 Å². The zero-order valence-corrected chi connectivity index (χ0v) is 37.4. The van der Waals surface area contributed by atoms with Gasteiger partial charge in [0, 0.05) is 8.95 Å². The molecule has 3 saturated heterocycles. The third kappa shape index (κ3) is 13.1. The van der Waals surface area contributed by atoms with Gasteiger partial charge in [0.15, 0.2) is 32.2 Å². The number of alkyl halides is 5. The molecule has 6 rings (SSSR count). The Hall–Kier alpha value is -2.90. The van der Waals surface area contributed by atoms with Crippen LogP contribution < -0.4 is 16.0 Å². The number of carbonyl (C=O) groups excluding carboxylic acids is 3. The Bertz CT molecular complexity index is 1970. The van der Waals surface area contributed by atoms with Crippen LogP contribution >= 0.6 is 89.9 Å². The van der Waals surface area contributed by atoms with Crippen LogP contribution in [0.1, 0.15) is 54.2 Å². The molecule has 3 amide bonds. The fraction of sp³-hybridized carbons (Fsp3) is 0.308. The number of amides is 3. The summed E-state index contributed by atoms with van der Waals surface area (Å²) in [7, 11) is 0. The van der Waals surface area contributed by atoms with Gasteiger partial charge in [-0.05, 0) is 94.2 Å². The Morgan fingerprint density at radius 1 is 0.618 bits per heavy atom. The maximum Gasteiger partial charge on any atom is 0.289 e. The van der Waals surface area contributed by atoms with Gasteiger partial charge in [-0.25, -0.2) is 0 Å². The van der Waals surface area contributed by atoms with Gasteiger partial charge in [0.25, 0.3) is 17.7 Å². The number of aryl methyl sites for hydroxylation is 2. The minimum atomic E-state index is -1.19. The van der Waals surface area contributed by atoms with Crippen LogP contribution in [-0.2, 0) is 28.6 Å². The molecule has 3 aromatic rings. The summed E-state index contributed by atoms with van der Waals surface area (Å²) in [5, 5.41) is 7.58. The van der Waals surface area contributed by atoms with Gasteiger partial charge in [0.05, 0.1) is 5.38 Å². The molecule has 0 radical (unpaired) electrons. The van der Waals surface area contributed by atoms with E-state index >= 15 is 0 Å². The van der Waals surface area contributed by atoms with E-state index in [0.29, 0.717) is 5.76 Å². The molecule has 0 bridgehead atoms. The molecule has 294 valence electrons. The number of rotatable bonds is 6. The topological polar surface area (TPSA) is 115 Å². The van der Waals surface area contributed by atoms with E-state index in [9.17, 15) is 14.4 Å². The van der Waals surface area contributed by atoms with E-state index < -0.39 is 27.4 Å². The Kier molecular flexibility index (Phi) is 15.5. The van der Waals surface area contributed by atoms with Crippen molar-refractivity contribution in [3.05, 3.63) is 120 Å². The molecule has 4 unspecified atom stereocenters. The summed E-state index contributed by atoms with van der Waals surface area (Å²) in [4.78, 5) is 35.1. The predicted molar refractivity (Wildman–Crippen MR) is 227 cm³/mol. The van der Waals surface area contributed by atoms with Crippen molar-refractivity contribution in [3.63, 3.8) is 0 Å². The zero-order valence-electron chi connectivity index (χ0n) is 30.4. The molecule has 0 saturated carbocycles. The Balaban J connectivity index is 0.000000184. The lowest BCUT2D eigenvalue weighted by Crippen LogP contribution is -2.39. The molecule has 0 spiro atoms. The lowest BCUT2D eigenvalue weighted by molar-refractivity contribution is -0.117. The fourth-order valence-corrected chi connectivity index (χ4v) is 6.45. The molecule has 3 aliphatic heterocycles. The normalized spacial score (nSPS) is 22.0. The van der Waals surface area contributed by atoms with Crippen molar-refractivity contribution in [3.8, 4) is 0 Å². The van der Waals surface area contributed by atoms with Gasteiger partial charge in [-0.15, -0.1) is 11.6 Å². The van der Waals surface area contributed by atoms with Gasteiger partial charge in [-0.3, -0.25) is 14.4 Å². The number of halogens is 7. The van der Waals surface area contributed by atoms with E-state index in [1.807, 2.05) is 81.4 Å². The Morgan fingerprint density at radius 2 is 0.964 bits per heavy atom. The highest BCUT2D eigenvalue weighted by Crippen LogP contribution is 2.33. The molecule has 55 heavy (non-hydrogen) atoms. The SMILES string of the molecule is Cc1c(Br)cc(/C=C2\OC(C(C)(Cl)Cl)NC2=O)cc1Br.Cc1ccc(/C=C2\OC(C(C)(Cl)Cl)NC2=O)cc1.Cc1ccc(/C=C2\OC(C(C)Cl)NC2=O)cc1. The number of hydrogen-bond acceptors (Lipinski definition) is 6. The molecule has 9 nitrogen and oxygen atoms in total. The summed E-state index contributed by atoms with van der Waals surface area (Å²) in [6, 6.07) is 19.4. The average molecular weight is 982 g/mol. The van der Waals surface area contributed by atoms with Crippen LogP contribution in [0.3, 0.4) is 0 Å². The molecule has 0 aliphatic carbocycles. The van der Waals surface area contributed by atoms with Crippen molar-refractivity contribution in [1.29, 1.82) is 0 Å². The number of carbonyl (C=O) groups is 3. The number of nitrogens with one attached hydrogen (secondary N) is 3. The zero-order chi connectivity index (χ0) is 40.8. The first-order valence-corrected chi connectivity index (χ1v) is 20.2. The van der Waals surface area contributed by atoms with Crippen LogP contribution in [0.2, 0.25) is 0 Å². The van der Waals surface area contributed by atoms with Gasteiger partial charge in [0.2, 0.25) is 12.5 Å². The molecule has 3 fully saturated rings. The molecular formula is C39H38Br2Cl5N3O6. The van der Waals surface area contributed by atoms with Crippen molar-refractivity contribution in [1.82, 2.24) is 16.0 Å². The Labute approximate surface area is 362 Å². The minimum Gasteiger partial charge on any atom is -0.463 e. The van der Waals surface area contributed by atoms with Gasteiger partial charge < -0.3 is 30.2 Å². The first kappa shape index (κ1) is 44.8. The van der Waals surface area contributed by atoms with Gasteiger partial charge in [-0.2, -0.15) is 0 Å². The third-order valence-electron chi connectivity index (χ3n) is 7.90. The van der Waals surface area contributed by atoms with Crippen molar-refractivity contribution >= 4 is 126 Å². The quantitative estimate of drug-likeness (QED) is 0.168. The van der Waals surface area contributed by atoms with E-state index in [4.69, 9.17) is 72.2 Å². The monoisotopic (exact) mass is 977 g/mol.